The van der Waals surface area contributed by atoms with Crippen LogP contribution in [0.1, 0.15) is 0 Å². The van der Waals surface area contributed by atoms with E-state index in [1.807, 2.05) is 22.7 Å². The molecule has 2 heterocycles. The summed E-state index contributed by atoms with van der Waals surface area (Å²) in [5.74, 6) is 0. The zero-order valence-electron chi connectivity index (χ0n) is 24.8. The van der Waals surface area contributed by atoms with Crippen LogP contribution in [0.25, 0.3) is 95.3 Å². The molecule has 0 radical (unpaired) electrons. The lowest BCUT2D eigenvalue weighted by atomic mass is 9.84. The minimum Gasteiger partial charge on any atom is -0.134 e. The van der Waals surface area contributed by atoms with E-state index in [4.69, 9.17) is 0 Å². The van der Waals surface area contributed by atoms with Gasteiger partial charge in [0.25, 0.3) is 0 Å². The Kier molecular flexibility index (Phi) is 5.72. The molecule has 0 saturated carbocycles. The summed E-state index contributed by atoms with van der Waals surface area (Å²) in [6.45, 7) is 0. The highest BCUT2D eigenvalue weighted by atomic mass is 32.1. The van der Waals surface area contributed by atoms with E-state index in [0.717, 1.165) is 0 Å². The van der Waals surface area contributed by atoms with Crippen molar-refractivity contribution < 1.29 is 0 Å². The molecule has 8 aromatic carbocycles. The van der Waals surface area contributed by atoms with E-state index in [0.29, 0.717) is 0 Å². The van der Waals surface area contributed by atoms with Gasteiger partial charge in [0, 0.05) is 20.3 Å². The Morgan fingerprint density at radius 1 is 0.348 bits per heavy atom. The molecule has 2 heteroatoms. The highest BCUT2D eigenvalue weighted by molar-refractivity contribution is 7.32. The van der Waals surface area contributed by atoms with Gasteiger partial charge >= 0.3 is 0 Å². The molecule has 10 aromatic rings. The molecule has 0 saturated heterocycles. The molecule has 0 unspecified atom stereocenters. The van der Waals surface area contributed by atoms with E-state index in [-0.39, 0.29) is 0 Å². The molecule has 0 fully saturated rings. The molecule has 0 bridgehead atoms. The molecule has 0 N–H and O–H groups in total. The van der Waals surface area contributed by atoms with Crippen molar-refractivity contribution in [3.8, 4) is 32.7 Å². The first-order valence-corrected chi connectivity index (χ1v) is 17.3. The van der Waals surface area contributed by atoms with Gasteiger partial charge < -0.3 is 0 Å². The van der Waals surface area contributed by atoms with Gasteiger partial charge in [-0.25, -0.2) is 0 Å². The first-order chi connectivity index (χ1) is 22.8. The summed E-state index contributed by atoms with van der Waals surface area (Å²) in [6.07, 6.45) is 0. The smallest absolute Gasteiger partial charge is 0.0534 e. The fraction of sp³-hybridized carbons (Fsp3) is 0. The van der Waals surface area contributed by atoms with Gasteiger partial charge in [0.1, 0.15) is 0 Å². The molecule has 46 heavy (non-hydrogen) atoms. The van der Waals surface area contributed by atoms with Gasteiger partial charge in [-0.05, 0) is 77.7 Å². The third-order valence-electron chi connectivity index (χ3n) is 9.47. The van der Waals surface area contributed by atoms with Crippen LogP contribution >= 0.6 is 22.7 Å². The predicted octanol–water partition coefficient (Wildman–Crippen LogP) is 13.7. The number of hydrogen-bond acceptors (Lipinski definition) is 2. The molecule has 0 amide bonds. The van der Waals surface area contributed by atoms with Crippen LogP contribution in [-0.4, -0.2) is 0 Å². The van der Waals surface area contributed by atoms with Crippen molar-refractivity contribution in [1.29, 1.82) is 0 Å². The SMILES string of the molecule is c1ccc(-c2cc3ccc4c(sc5cccc(-c6c7ccccc7c(-c7cccc8ccccc78)c7ccccc67)c54)c3s2)cc1. The Labute approximate surface area is 274 Å². The third kappa shape index (κ3) is 3.78. The topological polar surface area (TPSA) is 0 Å². The number of hydrogen-bond donors (Lipinski definition) is 0. The van der Waals surface area contributed by atoms with Crippen LogP contribution in [0.2, 0.25) is 0 Å². The first-order valence-electron chi connectivity index (χ1n) is 15.7. The zero-order valence-corrected chi connectivity index (χ0v) is 26.5. The maximum Gasteiger partial charge on any atom is 0.0534 e. The molecule has 10 rings (SSSR count). The summed E-state index contributed by atoms with van der Waals surface area (Å²) < 4.78 is 4.10. The minimum atomic E-state index is 1.27. The maximum absolute atomic E-state index is 2.36. The van der Waals surface area contributed by atoms with Crippen LogP contribution < -0.4 is 0 Å². The number of thiophene rings is 2. The van der Waals surface area contributed by atoms with E-state index in [1.54, 1.807) is 0 Å². The van der Waals surface area contributed by atoms with Crippen molar-refractivity contribution in [2.45, 2.75) is 0 Å². The number of benzene rings is 8. The van der Waals surface area contributed by atoms with E-state index in [1.165, 1.54) is 95.3 Å². The molecule has 214 valence electrons. The summed E-state index contributed by atoms with van der Waals surface area (Å²) in [6, 6.07) is 58.2. The lowest BCUT2D eigenvalue weighted by Gasteiger charge is -2.19. The lowest BCUT2D eigenvalue weighted by molar-refractivity contribution is 1.69. The van der Waals surface area contributed by atoms with E-state index in [2.05, 4.69) is 158 Å². The number of rotatable bonds is 3. The summed E-state index contributed by atoms with van der Waals surface area (Å²) in [7, 11) is 0. The average Bonchev–Trinajstić information content (AvgIpc) is 3.73. The summed E-state index contributed by atoms with van der Waals surface area (Å²) in [4.78, 5) is 1.32. The molecule has 0 nitrogen and oxygen atoms in total. The maximum atomic E-state index is 2.36. The van der Waals surface area contributed by atoms with Crippen molar-refractivity contribution in [3.05, 3.63) is 158 Å². The van der Waals surface area contributed by atoms with Gasteiger partial charge in [-0.2, -0.15) is 0 Å². The fourth-order valence-corrected chi connectivity index (χ4v) is 10.0. The van der Waals surface area contributed by atoms with Crippen LogP contribution in [0.3, 0.4) is 0 Å². The van der Waals surface area contributed by atoms with Crippen LogP contribution in [0.4, 0.5) is 0 Å². The summed E-state index contributed by atoms with van der Waals surface area (Å²) in [5, 5.41) is 11.7. The Morgan fingerprint density at radius 2 is 0.935 bits per heavy atom. The first kappa shape index (κ1) is 26.0. The summed E-state index contributed by atoms with van der Waals surface area (Å²) >= 11 is 3.84. The van der Waals surface area contributed by atoms with Crippen molar-refractivity contribution in [3.63, 3.8) is 0 Å². The fourth-order valence-electron chi connectivity index (χ4n) is 7.48. The molecule has 2 aromatic heterocycles. The van der Waals surface area contributed by atoms with Crippen LogP contribution in [0.5, 0.6) is 0 Å². The van der Waals surface area contributed by atoms with E-state index < -0.39 is 0 Å². The van der Waals surface area contributed by atoms with Crippen molar-refractivity contribution in [2.75, 3.05) is 0 Å². The van der Waals surface area contributed by atoms with Gasteiger partial charge in [0.2, 0.25) is 0 Å². The lowest BCUT2D eigenvalue weighted by Crippen LogP contribution is -1.92. The normalized spacial score (nSPS) is 11.9. The third-order valence-corrected chi connectivity index (χ3v) is 12.0. The van der Waals surface area contributed by atoms with Crippen LogP contribution in [0, 0.1) is 0 Å². The van der Waals surface area contributed by atoms with E-state index in [9.17, 15) is 0 Å². The molecule has 0 aliphatic carbocycles. The van der Waals surface area contributed by atoms with Gasteiger partial charge in [-0.15, -0.1) is 22.7 Å². The average molecular weight is 619 g/mol. The van der Waals surface area contributed by atoms with Crippen molar-refractivity contribution in [1.82, 2.24) is 0 Å². The van der Waals surface area contributed by atoms with E-state index >= 15 is 0 Å². The Balaban J connectivity index is 1.31. The van der Waals surface area contributed by atoms with Crippen LogP contribution in [0.15, 0.2) is 158 Å². The Morgan fingerprint density at radius 3 is 1.67 bits per heavy atom. The van der Waals surface area contributed by atoms with Crippen LogP contribution in [-0.2, 0) is 0 Å². The van der Waals surface area contributed by atoms with Gasteiger partial charge in [0.15, 0.2) is 0 Å². The molecule has 0 atom stereocenters. The standard InChI is InChI=1S/C44H26S2/c1-2-13-28(14-3-1)39-26-29-24-25-37-42-36(22-11-23-38(42)45-44(37)43(29)46-39)41-34-19-8-6-17-32(34)40(33-18-7-9-20-35(33)41)31-21-10-15-27-12-4-5-16-30(27)31/h1-26H. The molecular weight excluding hydrogens is 593 g/mol. The number of fused-ring (bicyclic) bond motifs is 8. The second-order valence-electron chi connectivity index (χ2n) is 12.0. The Hall–Kier alpha value is -5.28. The highest BCUT2D eigenvalue weighted by Gasteiger charge is 2.21. The quantitative estimate of drug-likeness (QED) is 0.173. The highest BCUT2D eigenvalue weighted by Crippen LogP contribution is 2.50. The van der Waals surface area contributed by atoms with Gasteiger partial charge in [-0.1, -0.05) is 146 Å². The molecular formula is C44H26S2. The van der Waals surface area contributed by atoms with Gasteiger partial charge in [0.05, 0.1) is 9.40 Å². The predicted molar refractivity (Wildman–Crippen MR) is 204 cm³/mol. The zero-order chi connectivity index (χ0) is 30.2. The Bertz CT molecular complexity index is 2740. The minimum absolute atomic E-state index is 1.27. The van der Waals surface area contributed by atoms with Crippen molar-refractivity contribution >= 4 is 85.2 Å². The second kappa shape index (κ2) is 10.1. The molecule has 0 aliphatic heterocycles. The molecule has 0 aliphatic rings. The van der Waals surface area contributed by atoms with Gasteiger partial charge in [-0.3, -0.25) is 0 Å². The second-order valence-corrected chi connectivity index (χ2v) is 14.1. The van der Waals surface area contributed by atoms with Crippen molar-refractivity contribution in [2.24, 2.45) is 0 Å². The monoisotopic (exact) mass is 618 g/mol. The largest absolute Gasteiger partial charge is 0.134 e. The summed E-state index contributed by atoms with van der Waals surface area (Å²) in [5.41, 5.74) is 6.49. The molecule has 0 spiro atoms.